The van der Waals surface area contributed by atoms with Crippen molar-refractivity contribution < 1.29 is 17.9 Å². The molecular formula is C17H22N4O4S. The Kier molecular flexibility index (Phi) is 5.28. The van der Waals surface area contributed by atoms with Crippen LogP contribution in [-0.2, 0) is 21.9 Å². The van der Waals surface area contributed by atoms with Crippen molar-refractivity contribution in [2.75, 3.05) is 19.7 Å². The van der Waals surface area contributed by atoms with E-state index >= 15 is 0 Å². The zero-order valence-corrected chi connectivity index (χ0v) is 15.4. The molecule has 1 amide bonds. The highest BCUT2D eigenvalue weighted by Crippen LogP contribution is 2.30. The number of hydrogen-bond acceptors (Lipinski definition) is 5. The van der Waals surface area contributed by atoms with Gasteiger partial charge in [-0.15, -0.1) is 0 Å². The molecule has 26 heavy (non-hydrogen) atoms. The molecule has 0 radical (unpaired) electrons. The minimum absolute atomic E-state index is 0.144. The number of aromatic nitrogens is 2. The Labute approximate surface area is 152 Å². The third-order valence-corrected chi connectivity index (χ3v) is 6.30. The molecule has 2 N–H and O–H groups in total. The predicted molar refractivity (Wildman–Crippen MR) is 95.1 cm³/mol. The topological polar surface area (TPSA) is 108 Å². The van der Waals surface area contributed by atoms with Crippen LogP contribution in [0.4, 0.5) is 0 Å². The number of carbonyl (C=O) groups excluding carboxylic acids is 1. The lowest BCUT2D eigenvalue weighted by atomic mass is 9.94. The summed E-state index contributed by atoms with van der Waals surface area (Å²) >= 11 is 0. The van der Waals surface area contributed by atoms with Crippen LogP contribution in [0.25, 0.3) is 0 Å². The smallest absolute Gasteiger partial charge is 0.255 e. The second-order valence-electron chi connectivity index (χ2n) is 6.38. The van der Waals surface area contributed by atoms with E-state index in [-0.39, 0.29) is 17.4 Å². The number of nitrogens with zero attached hydrogens (tertiary/aromatic N) is 3. The predicted octanol–water partition coefficient (Wildman–Crippen LogP) is 0.852. The first-order chi connectivity index (χ1) is 12.4. The highest BCUT2D eigenvalue weighted by molar-refractivity contribution is 7.89. The number of ether oxygens (including phenoxy) is 1. The first kappa shape index (κ1) is 18.4. The van der Waals surface area contributed by atoms with Crippen molar-refractivity contribution in [2.45, 2.75) is 23.7 Å². The van der Waals surface area contributed by atoms with E-state index in [0.29, 0.717) is 18.8 Å². The van der Waals surface area contributed by atoms with Gasteiger partial charge in [0.05, 0.1) is 11.1 Å². The first-order valence-corrected chi connectivity index (χ1v) is 9.80. The molecule has 0 aliphatic carbocycles. The fourth-order valence-corrected chi connectivity index (χ4v) is 4.62. The molecule has 0 bridgehead atoms. The Morgan fingerprint density at radius 3 is 2.69 bits per heavy atom. The van der Waals surface area contributed by atoms with Gasteiger partial charge in [-0.1, -0.05) is 0 Å². The third kappa shape index (κ3) is 4.05. The number of primary amides is 1. The van der Waals surface area contributed by atoms with Crippen molar-refractivity contribution in [1.29, 1.82) is 0 Å². The normalized spacial score (nSPS) is 18.6. The van der Waals surface area contributed by atoms with E-state index < -0.39 is 15.9 Å². The average Bonchev–Trinajstić information content (AvgIpc) is 3.07. The van der Waals surface area contributed by atoms with Crippen molar-refractivity contribution in [3.63, 3.8) is 0 Å². The number of rotatable bonds is 6. The van der Waals surface area contributed by atoms with Crippen LogP contribution in [-0.4, -0.2) is 48.1 Å². The maximum absolute atomic E-state index is 12.9. The van der Waals surface area contributed by atoms with Crippen LogP contribution < -0.4 is 10.5 Å². The maximum atomic E-state index is 12.9. The van der Waals surface area contributed by atoms with Crippen LogP contribution >= 0.6 is 0 Å². The largest absolute Gasteiger partial charge is 0.484 e. The van der Waals surface area contributed by atoms with Gasteiger partial charge in [-0.25, -0.2) is 8.42 Å². The quantitative estimate of drug-likeness (QED) is 0.802. The molecule has 1 aliphatic heterocycles. The summed E-state index contributed by atoms with van der Waals surface area (Å²) < 4.78 is 34.3. The van der Waals surface area contributed by atoms with Gasteiger partial charge in [0, 0.05) is 32.3 Å². The number of nitrogens with two attached hydrogens (primary N) is 1. The summed E-state index contributed by atoms with van der Waals surface area (Å²) in [5, 5.41) is 4.18. The summed E-state index contributed by atoms with van der Waals surface area (Å²) in [5.74, 6) is -0.0449. The van der Waals surface area contributed by atoms with Crippen LogP contribution in [0.1, 0.15) is 24.3 Å². The lowest BCUT2D eigenvalue weighted by Crippen LogP contribution is -2.39. The second-order valence-corrected chi connectivity index (χ2v) is 8.31. The summed E-state index contributed by atoms with van der Waals surface area (Å²) in [6.07, 6.45) is 5.48. The van der Waals surface area contributed by atoms with Crippen molar-refractivity contribution in [1.82, 2.24) is 14.1 Å². The first-order valence-electron chi connectivity index (χ1n) is 8.36. The van der Waals surface area contributed by atoms with Crippen molar-refractivity contribution in [3.05, 3.63) is 42.2 Å². The Balaban J connectivity index is 1.73. The number of carbonyl (C=O) groups is 1. The number of aryl methyl sites for hydroxylation is 1. The van der Waals surface area contributed by atoms with E-state index in [4.69, 9.17) is 10.5 Å². The Morgan fingerprint density at radius 2 is 2.08 bits per heavy atom. The van der Waals surface area contributed by atoms with Gasteiger partial charge < -0.3 is 10.5 Å². The average molecular weight is 378 g/mol. The number of piperidine rings is 1. The molecule has 1 aromatic heterocycles. The van der Waals surface area contributed by atoms with Crippen LogP contribution in [0.15, 0.2) is 41.6 Å². The molecule has 1 unspecified atom stereocenters. The Bertz CT molecular complexity index is 876. The van der Waals surface area contributed by atoms with Gasteiger partial charge in [-0.3, -0.25) is 9.48 Å². The fraction of sp³-hybridized carbons (Fsp3) is 0.412. The van der Waals surface area contributed by atoms with Crippen molar-refractivity contribution in [3.8, 4) is 5.75 Å². The van der Waals surface area contributed by atoms with Gasteiger partial charge in [-0.2, -0.15) is 9.40 Å². The standard InChI is InChI=1S/C17H22N4O4S/c1-20-10-14(9-19-20)13-3-2-8-21(11-13)26(23,24)16-6-4-15(5-7-16)25-12-17(18)22/h4-7,9-10,13H,2-3,8,11-12H2,1H3,(H2,18,22). The van der Waals surface area contributed by atoms with E-state index in [1.54, 1.807) is 10.9 Å². The van der Waals surface area contributed by atoms with Gasteiger partial charge >= 0.3 is 0 Å². The fourth-order valence-electron chi connectivity index (χ4n) is 3.10. The lowest BCUT2D eigenvalue weighted by Gasteiger charge is -2.31. The summed E-state index contributed by atoms with van der Waals surface area (Å²) in [6.45, 7) is 0.692. The number of sulfonamides is 1. The van der Waals surface area contributed by atoms with E-state index in [0.717, 1.165) is 18.4 Å². The molecule has 1 fully saturated rings. The minimum atomic E-state index is -3.59. The molecule has 0 spiro atoms. The van der Waals surface area contributed by atoms with Gasteiger partial charge in [0.1, 0.15) is 5.75 Å². The Hall–Kier alpha value is -2.39. The number of amides is 1. The monoisotopic (exact) mass is 378 g/mol. The number of benzene rings is 1. The molecule has 140 valence electrons. The van der Waals surface area contributed by atoms with E-state index in [1.807, 2.05) is 13.2 Å². The van der Waals surface area contributed by atoms with Crippen LogP contribution in [0.2, 0.25) is 0 Å². The number of hydrogen-bond donors (Lipinski definition) is 1. The zero-order valence-electron chi connectivity index (χ0n) is 14.5. The summed E-state index contributed by atoms with van der Waals surface area (Å²) in [7, 11) is -1.74. The molecule has 3 rings (SSSR count). The molecule has 9 heteroatoms. The van der Waals surface area contributed by atoms with Crippen molar-refractivity contribution in [2.24, 2.45) is 12.8 Å². The minimum Gasteiger partial charge on any atom is -0.484 e. The highest BCUT2D eigenvalue weighted by atomic mass is 32.2. The second kappa shape index (κ2) is 7.46. The zero-order chi connectivity index (χ0) is 18.7. The molecule has 1 atom stereocenters. The maximum Gasteiger partial charge on any atom is 0.255 e. The van der Waals surface area contributed by atoms with Crippen LogP contribution in [0, 0.1) is 0 Å². The summed E-state index contributed by atoms with van der Waals surface area (Å²) in [6, 6.07) is 6.02. The lowest BCUT2D eigenvalue weighted by molar-refractivity contribution is -0.119. The summed E-state index contributed by atoms with van der Waals surface area (Å²) in [4.78, 5) is 10.9. The van der Waals surface area contributed by atoms with Gasteiger partial charge in [0.15, 0.2) is 6.61 Å². The molecule has 0 saturated carbocycles. The van der Waals surface area contributed by atoms with Gasteiger partial charge in [0.2, 0.25) is 10.0 Å². The molecule has 2 aromatic rings. The molecule has 1 aliphatic rings. The SMILES string of the molecule is Cn1cc(C2CCCN(S(=O)(=O)c3ccc(OCC(N)=O)cc3)C2)cn1. The van der Waals surface area contributed by atoms with Gasteiger partial charge in [-0.05, 0) is 42.7 Å². The van der Waals surface area contributed by atoms with Crippen LogP contribution in [0.3, 0.4) is 0 Å². The highest BCUT2D eigenvalue weighted by Gasteiger charge is 2.31. The third-order valence-electron chi connectivity index (χ3n) is 4.42. The molecule has 1 aromatic carbocycles. The molecule has 8 nitrogen and oxygen atoms in total. The van der Waals surface area contributed by atoms with E-state index in [1.165, 1.54) is 28.6 Å². The van der Waals surface area contributed by atoms with Crippen LogP contribution in [0.5, 0.6) is 5.75 Å². The summed E-state index contributed by atoms with van der Waals surface area (Å²) in [5.41, 5.74) is 6.08. The molecule has 2 heterocycles. The van der Waals surface area contributed by atoms with Crippen molar-refractivity contribution >= 4 is 15.9 Å². The molecule has 1 saturated heterocycles. The van der Waals surface area contributed by atoms with Gasteiger partial charge in [0.25, 0.3) is 5.91 Å². The Morgan fingerprint density at radius 1 is 1.35 bits per heavy atom. The molecular weight excluding hydrogens is 356 g/mol. The van der Waals surface area contributed by atoms with E-state index in [9.17, 15) is 13.2 Å². The van der Waals surface area contributed by atoms with E-state index in [2.05, 4.69) is 5.10 Å².